The minimum atomic E-state index is -0.0602. The van der Waals surface area contributed by atoms with Crippen LogP contribution in [0.2, 0.25) is 0 Å². The highest BCUT2D eigenvalue weighted by atomic mass is 16.5. The van der Waals surface area contributed by atoms with Crippen LogP contribution in [0.3, 0.4) is 0 Å². The van der Waals surface area contributed by atoms with Gasteiger partial charge < -0.3 is 5.73 Å². The predicted molar refractivity (Wildman–Crippen MR) is 53.9 cm³/mol. The Bertz CT molecular complexity index is 305. The molecule has 0 radical (unpaired) electrons. The van der Waals surface area contributed by atoms with Crippen molar-refractivity contribution in [2.75, 3.05) is 28.9 Å². The van der Waals surface area contributed by atoms with Crippen molar-refractivity contribution in [3.8, 4) is 0 Å². The zero-order valence-corrected chi connectivity index (χ0v) is 8.62. The van der Waals surface area contributed by atoms with Crippen molar-refractivity contribution in [2.24, 2.45) is 0 Å². The average Bonchev–Trinajstić information content (AvgIpc) is 2.26. The van der Waals surface area contributed by atoms with Crippen LogP contribution in [-0.4, -0.2) is 38.5 Å². The molecule has 0 aliphatic rings. The highest BCUT2D eigenvalue weighted by Gasteiger charge is 2.11. The Morgan fingerprint density at radius 3 is 1.73 bits per heavy atom. The summed E-state index contributed by atoms with van der Waals surface area (Å²) in [6.45, 7) is 4.05. The lowest BCUT2D eigenvalue weighted by Crippen LogP contribution is -2.25. The minimum absolute atomic E-state index is 0.00694. The van der Waals surface area contributed by atoms with E-state index in [0.717, 1.165) is 10.1 Å². The summed E-state index contributed by atoms with van der Waals surface area (Å²) >= 11 is 0. The highest BCUT2D eigenvalue weighted by molar-refractivity contribution is 5.40. The van der Waals surface area contributed by atoms with E-state index in [9.17, 15) is 10.4 Å². The fourth-order valence-electron chi connectivity index (χ4n) is 0.883. The molecule has 0 aliphatic carbocycles. The maximum atomic E-state index is 9.36. The molecule has 0 bridgehead atoms. The van der Waals surface area contributed by atoms with Crippen molar-refractivity contribution < 1.29 is 10.4 Å². The standard InChI is InChI=1S/C7H14N6O2/c1-3-12(14)6-9-5(8)10-7(11-6)13(15)4-2/h14-15H,3-4H2,1-2H3,(H2,8,9,10,11). The molecule has 8 nitrogen and oxygen atoms in total. The summed E-state index contributed by atoms with van der Waals surface area (Å²) in [6.07, 6.45) is 0. The molecule has 0 aliphatic heterocycles. The molecule has 1 rings (SSSR count). The van der Waals surface area contributed by atoms with Gasteiger partial charge in [-0.2, -0.15) is 15.0 Å². The van der Waals surface area contributed by atoms with Gasteiger partial charge in [0.1, 0.15) is 0 Å². The normalized spacial score (nSPS) is 10.1. The summed E-state index contributed by atoms with van der Waals surface area (Å²) in [6, 6.07) is 0. The summed E-state index contributed by atoms with van der Waals surface area (Å²) in [7, 11) is 0. The zero-order chi connectivity index (χ0) is 11.4. The van der Waals surface area contributed by atoms with Gasteiger partial charge >= 0.3 is 0 Å². The molecular formula is C7H14N6O2. The van der Waals surface area contributed by atoms with E-state index in [1.165, 1.54) is 0 Å². The molecule has 0 unspecified atom stereocenters. The van der Waals surface area contributed by atoms with E-state index in [4.69, 9.17) is 5.73 Å². The lowest BCUT2D eigenvalue weighted by molar-refractivity contribution is 0.244. The van der Waals surface area contributed by atoms with Gasteiger partial charge in [0, 0.05) is 13.1 Å². The number of hydrogen-bond acceptors (Lipinski definition) is 8. The first kappa shape index (κ1) is 11.4. The van der Waals surface area contributed by atoms with E-state index in [1.54, 1.807) is 13.8 Å². The second-order valence-electron chi connectivity index (χ2n) is 2.73. The number of anilines is 3. The Kier molecular flexibility index (Phi) is 3.58. The minimum Gasteiger partial charge on any atom is -0.368 e. The largest absolute Gasteiger partial charge is 0.368 e. The number of hydrogen-bond donors (Lipinski definition) is 3. The van der Waals surface area contributed by atoms with E-state index in [2.05, 4.69) is 15.0 Å². The number of aromatic nitrogens is 3. The molecule has 0 saturated carbocycles. The second kappa shape index (κ2) is 4.71. The molecule has 15 heavy (non-hydrogen) atoms. The zero-order valence-electron chi connectivity index (χ0n) is 8.62. The third-order valence-electron chi connectivity index (χ3n) is 1.69. The summed E-state index contributed by atoms with van der Waals surface area (Å²) < 4.78 is 0. The van der Waals surface area contributed by atoms with Crippen molar-refractivity contribution in [1.82, 2.24) is 15.0 Å². The lowest BCUT2D eigenvalue weighted by atomic mass is 10.7. The molecule has 1 aromatic heterocycles. The summed E-state index contributed by atoms with van der Waals surface area (Å²) in [4.78, 5) is 11.3. The van der Waals surface area contributed by atoms with Crippen LogP contribution < -0.4 is 15.9 Å². The number of hydroxylamine groups is 2. The van der Waals surface area contributed by atoms with E-state index in [0.29, 0.717) is 13.1 Å². The smallest absolute Gasteiger partial charge is 0.256 e. The first-order valence-electron chi connectivity index (χ1n) is 4.52. The number of nitrogens with zero attached hydrogens (tertiary/aromatic N) is 5. The first-order chi connectivity index (χ1) is 7.08. The molecule has 0 spiro atoms. The van der Waals surface area contributed by atoms with Gasteiger partial charge in [-0.1, -0.05) is 0 Å². The van der Waals surface area contributed by atoms with Crippen LogP contribution in [0.4, 0.5) is 17.8 Å². The van der Waals surface area contributed by atoms with Gasteiger partial charge in [-0.3, -0.25) is 10.4 Å². The monoisotopic (exact) mass is 214 g/mol. The highest BCUT2D eigenvalue weighted by Crippen LogP contribution is 2.12. The third-order valence-corrected chi connectivity index (χ3v) is 1.69. The van der Waals surface area contributed by atoms with E-state index in [-0.39, 0.29) is 17.8 Å². The Labute approximate surface area is 86.9 Å². The lowest BCUT2D eigenvalue weighted by Gasteiger charge is -2.16. The third kappa shape index (κ3) is 2.64. The number of nitrogen functional groups attached to an aromatic ring is 1. The van der Waals surface area contributed by atoms with Crippen LogP contribution in [0.15, 0.2) is 0 Å². The van der Waals surface area contributed by atoms with Gasteiger partial charge in [0.2, 0.25) is 5.95 Å². The van der Waals surface area contributed by atoms with E-state index < -0.39 is 0 Å². The molecule has 4 N–H and O–H groups in total. The Morgan fingerprint density at radius 1 is 1.00 bits per heavy atom. The van der Waals surface area contributed by atoms with Crippen LogP contribution in [0, 0.1) is 0 Å². The van der Waals surface area contributed by atoms with Crippen LogP contribution in [0.25, 0.3) is 0 Å². The fourth-order valence-corrected chi connectivity index (χ4v) is 0.883. The van der Waals surface area contributed by atoms with Crippen molar-refractivity contribution in [1.29, 1.82) is 0 Å². The van der Waals surface area contributed by atoms with Crippen LogP contribution in [-0.2, 0) is 0 Å². The molecule has 1 heterocycles. The van der Waals surface area contributed by atoms with Gasteiger partial charge in [0.05, 0.1) is 0 Å². The van der Waals surface area contributed by atoms with Gasteiger partial charge in [-0.15, -0.1) is 0 Å². The SMILES string of the molecule is CCN(O)c1nc(N)nc(N(O)CC)n1. The van der Waals surface area contributed by atoms with Gasteiger partial charge in [-0.25, -0.2) is 10.1 Å². The molecule has 84 valence electrons. The molecule has 1 aromatic rings. The molecule has 0 aromatic carbocycles. The van der Waals surface area contributed by atoms with Gasteiger partial charge in [-0.05, 0) is 13.8 Å². The van der Waals surface area contributed by atoms with Crippen molar-refractivity contribution in [3.63, 3.8) is 0 Å². The molecule has 8 heteroatoms. The molecule has 0 amide bonds. The van der Waals surface area contributed by atoms with E-state index >= 15 is 0 Å². The Hall–Kier alpha value is -1.67. The topological polar surface area (TPSA) is 112 Å². The first-order valence-corrected chi connectivity index (χ1v) is 4.52. The number of nitrogens with two attached hydrogens (primary N) is 1. The second-order valence-corrected chi connectivity index (χ2v) is 2.73. The average molecular weight is 214 g/mol. The van der Waals surface area contributed by atoms with Crippen LogP contribution in [0.1, 0.15) is 13.8 Å². The van der Waals surface area contributed by atoms with Gasteiger partial charge in [0.25, 0.3) is 11.9 Å². The van der Waals surface area contributed by atoms with Gasteiger partial charge in [0.15, 0.2) is 0 Å². The van der Waals surface area contributed by atoms with Crippen molar-refractivity contribution in [2.45, 2.75) is 13.8 Å². The number of rotatable bonds is 4. The van der Waals surface area contributed by atoms with Crippen LogP contribution in [0.5, 0.6) is 0 Å². The molecule has 0 saturated heterocycles. The molecule has 0 atom stereocenters. The molecular weight excluding hydrogens is 200 g/mol. The van der Waals surface area contributed by atoms with Crippen molar-refractivity contribution in [3.05, 3.63) is 0 Å². The van der Waals surface area contributed by atoms with Crippen molar-refractivity contribution >= 4 is 17.8 Å². The fraction of sp³-hybridized carbons (Fsp3) is 0.571. The maximum Gasteiger partial charge on any atom is 0.256 e. The summed E-state index contributed by atoms with van der Waals surface area (Å²) in [5.41, 5.74) is 5.41. The van der Waals surface area contributed by atoms with E-state index in [1.807, 2.05) is 0 Å². The molecule has 0 fully saturated rings. The Morgan fingerprint density at radius 2 is 1.40 bits per heavy atom. The van der Waals surface area contributed by atoms with Crippen LogP contribution >= 0.6 is 0 Å². The quantitative estimate of drug-likeness (QED) is 0.595. The maximum absolute atomic E-state index is 9.36. The summed E-state index contributed by atoms with van der Waals surface area (Å²) in [5.74, 6) is -0.0463. The Balaban J connectivity index is 3.04. The predicted octanol–water partition coefficient (Wildman–Crippen LogP) is -0.115. The summed E-state index contributed by atoms with van der Waals surface area (Å²) in [5, 5.41) is 20.3.